The third-order valence-corrected chi connectivity index (χ3v) is 4.94. The molecule has 1 saturated carbocycles. The van der Waals surface area contributed by atoms with Gasteiger partial charge in [0, 0.05) is 18.9 Å². The summed E-state index contributed by atoms with van der Waals surface area (Å²) in [5.41, 5.74) is 0. The Balaban J connectivity index is 2.00. The Morgan fingerprint density at radius 3 is 2.78 bits per heavy atom. The Kier molecular flexibility index (Phi) is 7.02. The van der Waals surface area contributed by atoms with Crippen LogP contribution in [-0.2, 0) is 14.3 Å². The van der Waals surface area contributed by atoms with E-state index in [1.165, 1.54) is 6.08 Å². The lowest BCUT2D eigenvalue weighted by atomic mass is 9.86. The number of carboxylic acids is 1. The third-order valence-electron chi connectivity index (χ3n) is 4.94. The van der Waals surface area contributed by atoms with Crippen molar-refractivity contribution in [2.45, 2.75) is 69.5 Å². The summed E-state index contributed by atoms with van der Waals surface area (Å²) in [6.07, 6.45) is 4.01. The molecule has 1 aliphatic heterocycles. The molecule has 1 heterocycles. The van der Waals surface area contributed by atoms with Gasteiger partial charge in [-0.25, -0.2) is 0 Å². The van der Waals surface area contributed by atoms with Gasteiger partial charge in [-0.1, -0.05) is 6.08 Å². The van der Waals surface area contributed by atoms with Gasteiger partial charge in [-0.3, -0.25) is 4.79 Å². The van der Waals surface area contributed by atoms with Crippen LogP contribution in [0.3, 0.4) is 0 Å². The number of rotatable bonds is 8. The number of aliphatic hydroxyl groups is 2. The molecule has 0 radical (unpaired) electrons. The summed E-state index contributed by atoms with van der Waals surface area (Å²) in [6.45, 7) is 4.23. The molecule has 6 heteroatoms. The van der Waals surface area contributed by atoms with Gasteiger partial charge in [0.25, 0.3) is 0 Å². The fourth-order valence-electron chi connectivity index (χ4n) is 3.69. The number of hydrogen-bond acceptors (Lipinski definition) is 5. The fourth-order valence-corrected chi connectivity index (χ4v) is 3.69. The SMILES string of the molecule is C=CC(O)CCC1C(OC2CCCCO2)CC(O)C1CC(=O)O. The van der Waals surface area contributed by atoms with E-state index in [0.29, 0.717) is 25.9 Å². The molecule has 23 heavy (non-hydrogen) atoms. The smallest absolute Gasteiger partial charge is 0.303 e. The van der Waals surface area contributed by atoms with Crippen molar-refractivity contribution >= 4 is 5.97 Å². The molecule has 2 rings (SSSR count). The van der Waals surface area contributed by atoms with E-state index in [1.807, 2.05) is 0 Å². The van der Waals surface area contributed by atoms with E-state index >= 15 is 0 Å². The molecule has 2 fully saturated rings. The Morgan fingerprint density at radius 1 is 1.39 bits per heavy atom. The second kappa shape index (κ2) is 8.78. The number of ether oxygens (including phenoxy) is 2. The van der Waals surface area contributed by atoms with Crippen LogP contribution < -0.4 is 0 Å². The second-order valence-corrected chi connectivity index (χ2v) is 6.58. The van der Waals surface area contributed by atoms with Crippen LogP contribution in [0.5, 0.6) is 0 Å². The van der Waals surface area contributed by atoms with Gasteiger partial charge in [0.2, 0.25) is 0 Å². The fraction of sp³-hybridized carbons (Fsp3) is 0.824. The number of carbonyl (C=O) groups is 1. The molecule has 0 aromatic heterocycles. The zero-order valence-electron chi connectivity index (χ0n) is 13.5. The molecule has 132 valence electrons. The number of carboxylic acid groups (broad SMARTS) is 1. The summed E-state index contributed by atoms with van der Waals surface area (Å²) in [6, 6.07) is 0. The van der Waals surface area contributed by atoms with Gasteiger partial charge < -0.3 is 24.8 Å². The van der Waals surface area contributed by atoms with Crippen molar-refractivity contribution in [2.24, 2.45) is 11.8 Å². The number of hydrogen-bond donors (Lipinski definition) is 3. The van der Waals surface area contributed by atoms with Crippen molar-refractivity contribution in [3.8, 4) is 0 Å². The van der Waals surface area contributed by atoms with Crippen LogP contribution in [0.25, 0.3) is 0 Å². The first-order chi connectivity index (χ1) is 11.0. The average molecular weight is 328 g/mol. The van der Waals surface area contributed by atoms with Gasteiger partial charge in [0.05, 0.1) is 24.7 Å². The van der Waals surface area contributed by atoms with E-state index in [4.69, 9.17) is 14.6 Å². The van der Waals surface area contributed by atoms with E-state index < -0.39 is 18.2 Å². The Bertz CT molecular complexity index is 393. The molecule has 1 aliphatic carbocycles. The maximum atomic E-state index is 11.1. The molecular weight excluding hydrogens is 300 g/mol. The van der Waals surface area contributed by atoms with Crippen molar-refractivity contribution in [3.05, 3.63) is 12.7 Å². The van der Waals surface area contributed by atoms with Crippen molar-refractivity contribution in [1.29, 1.82) is 0 Å². The number of aliphatic hydroxyl groups excluding tert-OH is 2. The van der Waals surface area contributed by atoms with Gasteiger partial charge in [-0.15, -0.1) is 6.58 Å². The minimum absolute atomic E-state index is 0.0819. The number of aliphatic carboxylic acids is 1. The summed E-state index contributed by atoms with van der Waals surface area (Å²) < 4.78 is 11.6. The zero-order chi connectivity index (χ0) is 16.8. The highest BCUT2D eigenvalue weighted by Gasteiger charge is 2.44. The molecule has 3 N–H and O–H groups in total. The highest BCUT2D eigenvalue weighted by Crippen LogP contribution is 2.41. The Labute approximate surface area is 137 Å². The molecule has 2 aliphatic rings. The molecule has 6 atom stereocenters. The summed E-state index contributed by atoms with van der Waals surface area (Å²) >= 11 is 0. The predicted molar refractivity (Wildman–Crippen MR) is 83.8 cm³/mol. The lowest BCUT2D eigenvalue weighted by molar-refractivity contribution is -0.196. The minimum atomic E-state index is -0.919. The first-order valence-electron chi connectivity index (χ1n) is 8.48. The lowest BCUT2D eigenvalue weighted by Crippen LogP contribution is -2.32. The van der Waals surface area contributed by atoms with Crippen LogP contribution in [0.2, 0.25) is 0 Å². The van der Waals surface area contributed by atoms with Gasteiger partial charge >= 0.3 is 5.97 Å². The first-order valence-corrected chi connectivity index (χ1v) is 8.48. The topological polar surface area (TPSA) is 96.2 Å². The van der Waals surface area contributed by atoms with Crippen molar-refractivity contribution < 1.29 is 29.6 Å². The average Bonchev–Trinajstić information content (AvgIpc) is 2.80. The van der Waals surface area contributed by atoms with Gasteiger partial charge in [0.15, 0.2) is 6.29 Å². The quantitative estimate of drug-likeness (QED) is 0.587. The minimum Gasteiger partial charge on any atom is -0.481 e. The van der Waals surface area contributed by atoms with Gasteiger partial charge in [-0.2, -0.15) is 0 Å². The lowest BCUT2D eigenvalue weighted by Gasteiger charge is -2.30. The summed E-state index contributed by atoms with van der Waals surface area (Å²) in [7, 11) is 0. The first kappa shape index (κ1) is 18.4. The summed E-state index contributed by atoms with van der Waals surface area (Å²) in [4.78, 5) is 11.1. The van der Waals surface area contributed by atoms with Crippen LogP contribution in [0, 0.1) is 11.8 Å². The highest BCUT2D eigenvalue weighted by atomic mass is 16.7. The molecule has 0 aromatic rings. The van der Waals surface area contributed by atoms with E-state index in [1.54, 1.807) is 0 Å². The third kappa shape index (κ3) is 5.28. The molecule has 0 spiro atoms. The molecule has 6 unspecified atom stereocenters. The summed E-state index contributed by atoms with van der Waals surface area (Å²) in [5, 5.41) is 29.1. The van der Waals surface area contributed by atoms with Crippen LogP contribution >= 0.6 is 0 Å². The van der Waals surface area contributed by atoms with Crippen LogP contribution in [0.1, 0.15) is 44.9 Å². The molecule has 0 bridgehead atoms. The monoisotopic (exact) mass is 328 g/mol. The van der Waals surface area contributed by atoms with E-state index in [9.17, 15) is 15.0 Å². The predicted octanol–water partition coefficient (Wildman–Crippen LogP) is 1.70. The molecule has 0 aromatic carbocycles. The van der Waals surface area contributed by atoms with Crippen LogP contribution in [0.4, 0.5) is 0 Å². The van der Waals surface area contributed by atoms with E-state index in [-0.39, 0.29) is 30.7 Å². The molecule has 1 saturated heterocycles. The Morgan fingerprint density at radius 2 is 2.17 bits per heavy atom. The maximum Gasteiger partial charge on any atom is 0.303 e. The maximum absolute atomic E-state index is 11.1. The van der Waals surface area contributed by atoms with Crippen LogP contribution in [0.15, 0.2) is 12.7 Å². The largest absolute Gasteiger partial charge is 0.481 e. The van der Waals surface area contributed by atoms with E-state index in [0.717, 1.165) is 19.3 Å². The summed E-state index contributed by atoms with van der Waals surface area (Å²) in [5.74, 6) is -1.36. The van der Waals surface area contributed by atoms with Gasteiger partial charge in [0.1, 0.15) is 0 Å². The standard InChI is InChI=1S/C17H28O6/c1-2-11(18)6-7-12-13(9-16(20)21)14(19)10-15(12)23-17-5-3-4-8-22-17/h2,11-15,17-19H,1,3-10H2,(H,20,21). The molecular formula is C17H28O6. The zero-order valence-corrected chi connectivity index (χ0v) is 13.5. The molecule has 6 nitrogen and oxygen atoms in total. The Hall–Kier alpha value is -0.950. The molecule has 0 amide bonds. The van der Waals surface area contributed by atoms with Crippen molar-refractivity contribution in [2.75, 3.05) is 6.61 Å². The second-order valence-electron chi connectivity index (χ2n) is 6.58. The van der Waals surface area contributed by atoms with Crippen molar-refractivity contribution in [1.82, 2.24) is 0 Å². The van der Waals surface area contributed by atoms with Gasteiger partial charge in [-0.05, 0) is 38.0 Å². The van der Waals surface area contributed by atoms with Crippen molar-refractivity contribution in [3.63, 3.8) is 0 Å². The van der Waals surface area contributed by atoms with Crippen LogP contribution in [-0.4, -0.2) is 52.5 Å². The van der Waals surface area contributed by atoms with E-state index in [2.05, 4.69) is 6.58 Å². The normalized spacial score (nSPS) is 35.8. The highest BCUT2D eigenvalue weighted by molar-refractivity contribution is 5.67.